The Balaban J connectivity index is 1.37. The number of carboxylic acid groups (broad SMARTS) is 1. The van der Waals surface area contributed by atoms with Gasteiger partial charge in [-0.3, -0.25) is 19.6 Å². The topological polar surface area (TPSA) is 123 Å². The summed E-state index contributed by atoms with van der Waals surface area (Å²) in [6, 6.07) is 16.2. The fourth-order valence-corrected chi connectivity index (χ4v) is 4.46. The van der Waals surface area contributed by atoms with Gasteiger partial charge in [0.15, 0.2) is 0 Å². The van der Waals surface area contributed by atoms with E-state index in [-0.39, 0.29) is 36.2 Å². The van der Waals surface area contributed by atoms with E-state index in [2.05, 4.69) is 27.9 Å². The molecule has 4 rings (SSSR count). The van der Waals surface area contributed by atoms with E-state index in [0.29, 0.717) is 13.0 Å². The molecular weight excluding hydrogens is 448 g/mol. The van der Waals surface area contributed by atoms with Gasteiger partial charge in [-0.2, -0.15) is 5.10 Å². The Labute approximate surface area is 203 Å². The number of rotatable bonds is 9. The molecule has 182 valence electrons. The third kappa shape index (κ3) is 5.34. The van der Waals surface area contributed by atoms with Crippen LogP contribution in [0, 0.1) is 5.92 Å². The number of aryl methyl sites for hydroxylation is 1. The molecule has 35 heavy (non-hydrogen) atoms. The van der Waals surface area contributed by atoms with Crippen LogP contribution >= 0.6 is 0 Å². The highest BCUT2D eigenvalue weighted by molar-refractivity contribution is 6.01. The summed E-state index contributed by atoms with van der Waals surface area (Å²) in [7, 11) is 1.60. The summed E-state index contributed by atoms with van der Waals surface area (Å²) < 4.78 is 6.93. The smallest absolute Gasteiger partial charge is 0.411 e. The van der Waals surface area contributed by atoms with Crippen molar-refractivity contribution in [3.05, 3.63) is 71.5 Å². The quantitative estimate of drug-likeness (QED) is 0.429. The van der Waals surface area contributed by atoms with Crippen molar-refractivity contribution < 1.29 is 24.2 Å². The van der Waals surface area contributed by atoms with Crippen LogP contribution in [0.15, 0.2) is 54.7 Å². The number of anilines is 1. The third-order valence-corrected chi connectivity index (χ3v) is 6.18. The lowest BCUT2D eigenvalue weighted by Crippen LogP contribution is -2.29. The van der Waals surface area contributed by atoms with E-state index < -0.39 is 18.0 Å². The molecule has 0 radical (unpaired) electrons. The molecule has 0 saturated heterocycles. The van der Waals surface area contributed by atoms with Crippen LogP contribution in [-0.4, -0.2) is 46.0 Å². The first-order chi connectivity index (χ1) is 16.8. The number of carboxylic acids is 1. The minimum absolute atomic E-state index is 0.0379. The number of amides is 2. The molecule has 1 heterocycles. The van der Waals surface area contributed by atoms with E-state index in [4.69, 9.17) is 9.84 Å². The Hall–Kier alpha value is -4.14. The zero-order valence-electron chi connectivity index (χ0n) is 19.7. The molecule has 9 nitrogen and oxygen atoms in total. The third-order valence-electron chi connectivity index (χ3n) is 6.18. The maximum absolute atomic E-state index is 12.7. The fourth-order valence-electron chi connectivity index (χ4n) is 4.46. The van der Waals surface area contributed by atoms with Crippen molar-refractivity contribution in [1.29, 1.82) is 0 Å². The summed E-state index contributed by atoms with van der Waals surface area (Å²) in [6.45, 7) is 2.28. The van der Waals surface area contributed by atoms with Crippen LogP contribution in [0.2, 0.25) is 0 Å². The summed E-state index contributed by atoms with van der Waals surface area (Å²) in [5.74, 6) is -1.43. The van der Waals surface area contributed by atoms with Gasteiger partial charge in [-0.15, -0.1) is 0 Å². The molecule has 0 spiro atoms. The molecule has 9 heteroatoms. The molecule has 1 unspecified atom stereocenters. The average molecular weight is 477 g/mol. The second-order valence-electron chi connectivity index (χ2n) is 8.73. The van der Waals surface area contributed by atoms with E-state index in [9.17, 15) is 14.4 Å². The van der Waals surface area contributed by atoms with Gasteiger partial charge in [0, 0.05) is 25.9 Å². The van der Waals surface area contributed by atoms with Crippen molar-refractivity contribution in [1.82, 2.24) is 15.1 Å². The highest BCUT2D eigenvalue weighted by Gasteiger charge is 2.29. The van der Waals surface area contributed by atoms with Crippen molar-refractivity contribution in [3.63, 3.8) is 0 Å². The first-order valence-corrected chi connectivity index (χ1v) is 11.5. The second kappa shape index (κ2) is 10.4. The molecule has 0 bridgehead atoms. The number of aliphatic carboxylic acids is 1. The Morgan fingerprint density at radius 3 is 2.34 bits per heavy atom. The summed E-state index contributed by atoms with van der Waals surface area (Å²) >= 11 is 0. The van der Waals surface area contributed by atoms with Gasteiger partial charge in [0.2, 0.25) is 0 Å². The molecule has 1 aliphatic rings. The van der Waals surface area contributed by atoms with Crippen LogP contribution in [0.3, 0.4) is 0 Å². The Kier molecular flexibility index (Phi) is 7.14. The van der Waals surface area contributed by atoms with Crippen molar-refractivity contribution in [2.75, 3.05) is 18.5 Å². The number of hydrogen-bond acceptors (Lipinski definition) is 5. The van der Waals surface area contributed by atoms with Crippen LogP contribution in [0.4, 0.5) is 10.5 Å². The number of aromatic nitrogens is 2. The summed E-state index contributed by atoms with van der Waals surface area (Å²) in [5.41, 5.74) is 4.92. The van der Waals surface area contributed by atoms with Crippen LogP contribution in [-0.2, 0) is 16.6 Å². The monoisotopic (exact) mass is 476 g/mol. The van der Waals surface area contributed by atoms with Crippen molar-refractivity contribution in [2.24, 2.45) is 13.0 Å². The highest BCUT2D eigenvalue weighted by Crippen LogP contribution is 2.44. The SMILES string of the molecule is CC(CCNC(=O)c1c(NC(=O)OCC2c3ccccc3-c3ccccc32)cnn1C)CC(=O)O. The lowest BCUT2D eigenvalue weighted by molar-refractivity contribution is -0.138. The average Bonchev–Trinajstić information content (AvgIpc) is 3.34. The van der Waals surface area contributed by atoms with Gasteiger partial charge in [-0.1, -0.05) is 55.5 Å². The predicted octanol–water partition coefficient (Wildman–Crippen LogP) is 4.01. The lowest BCUT2D eigenvalue weighted by atomic mass is 9.98. The molecular formula is C26H28N4O5. The van der Waals surface area contributed by atoms with E-state index in [1.165, 1.54) is 10.9 Å². The second-order valence-corrected chi connectivity index (χ2v) is 8.73. The lowest BCUT2D eigenvalue weighted by Gasteiger charge is -2.15. The Morgan fingerprint density at radius 1 is 1.09 bits per heavy atom. The van der Waals surface area contributed by atoms with Gasteiger partial charge in [0.1, 0.15) is 12.3 Å². The van der Waals surface area contributed by atoms with Gasteiger partial charge in [-0.25, -0.2) is 4.79 Å². The zero-order valence-corrected chi connectivity index (χ0v) is 19.7. The summed E-state index contributed by atoms with van der Waals surface area (Å²) in [5, 5.41) is 18.3. The van der Waals surface area contributed by atoms with Crippen molar-refractivity contribution in [2.45, 2.75) is 25.7 Å². The van der Waals surface area contributed by atoms with Crippen molar-refractivity contribution >= 4 is 23.7 Å². The minimum atomic E-state index is -0.870. The summed E-state index contributed by atoms with van der Waals surface area (Å²) in [6.07, 6.45) is 1.27. The maximum Gasteiger partial charge on any atom is 0.411 e. The Morgan fingerprint density at radius 2 is 1.71 bits per heavy atom. The molecule has 0 saturated carbocycles. The van der Waals surface area contributed by atoms with Gasteiger partial charge in [0.05, 0.1) is 11.9 Å². The molecule has 3 aromatic rings. The number of nitrogens with one attached hydrogen (secondary N) is 2. The van der Waals surface area contributed by atoms with Gasteiger partial charge in [-0.05, 0) is 34.6 Å². The molecule has 1 aliphatic carbocycles. The number of benzene rings is 2. The number of hydrogen-bond donors (Lipinski definition) is 3. The molecule has 2 aromatic carbocycles. The molecule has 1 atom stereocenters. The van der Waals surface area contributed by atoms with Crippen LogP contribution in [0.5, 0.6) is 0 Å². The van der Waals surface area contributed by atoms with E-state index in [1.54, 1.807) is 7.05 Å². The molecule has 0 fully saturated rings. The standard InChI is InChI=1S/C26H28N4O5/c1-16(13-23(31)32)11-12-27-25(33)24-22(14-28-30(24)2)29-26(34)35-15-21-19-9-5-3-7-17(19)18-8-4-6-10-20(18)21/h3-10,14,16,21H,11-13,15H2,1-2H3,(H,27,33)(H,29,34)(H,31,32). The summed E-state index contributed by atoms with van der Waals surface area (Å²) in [4.78, 5) is 36.1. The minimum Gasteiger partial charge on any atom is -0.481 e. The predicted molar refractivity (Wildman–Crippen MR) is 130 cm³/mol. The zero-order chi connectivity index (χ0) is 24.9. The van der Waals surface area contributed by atoms with E-state index in [1.807, 2.05) is 43.3 Å². The molecule has 1 aromatic heterocycles. The first kappa shape index (κ1) is 24.0. The van der Waals surface area contributed by atoms with Gasteiger partial charge < -0.3 is 15.2 Å². The van der Waals surface area contributed by atoms with Gasteiger partial charge in [0.25, 0.3) is 5.91 Å². The molecule has 0 aliphatic heterocycles. The number of carbonyl (C=O) groups excluding carboxylic acids is 2. The number of ether oxygens (including phenoxy) is 1. The van der Waals surface area contributed by atoms with Crippen LogP contribution < -0.4 is 10.6 Å². The van der Waals surface area contributed by atoms with Crippen LogP contribution in [0.25, 0.3) is 11.1 Å². The maximum atomic E-state index is 12.7. The normalized spacial score (nSPS) is 13.0. The van der Waals surface area contributed by atoms with Crippen LogP contribution in [0.1, 0.15) is 47.3 Å². The Bertz CT molecular complexity index is 1210. The van der Waals surface area contributed by atoms with E-state index >= 15 is 0 Å². The number of carbonyl (C=O) groups is 3. The fraction of sp³-hybridized carbons (Fsp3) is 0.308. The number of nitrogens with zero attached hydrogens (tertiary/aromatic N) is 2. The first-order valence-electron chi connectivity index (χ1n) is 11.5. The van der Waals surface area contributed by atoms with Gasteiger partial charge >= 0.3 is 12.1 Å². The highest BCUT2D eigenvalue weighted by atomic mass is 16.5. The molecule has 3 N–H and O–H groups in total. The number of fused-ring (bicyclic) bond motifs is 3. The largest absolute Gasteiger partial charge is 0.481 e. The van der Waals surface area contributed by atoms with E-state index in [0.717, 1.165) is 22.3 Å². The van der Waals surface area contributed by atoms with Crippen molar-refractivity contribution in [3.8, 4) is 11.1 Å². The molecule has 2 amide bonds.